The predicted molar refractivity (Wildman–Crippen MR) is 116 cm³/mol. The van der Waals surface area contributed by atoms with Gasteiger partial charge in [-0.15, -0.1) is 0 Å². The second-order valence-electron chi connectivity index (χ2n) is 6.76. The number of hydrogen-bond donors (Lipinski definition) is 1. The third-order valence-corrected chi connectivity index (χ3v) is 5.92. The standard InChI is InChI=1S/C23H16ClF2NO2S/c24-16-8-9-21-19(12-16)15(7-10-22(28)29)13-27(21)30-17-4-1-3-14(11-17)18-5-2-6-20(25)23(18)26/h1-6,8-9,11-13H,7,10H2,(H,28,29). The number of hydrogen-bond acceptors (Lipinski definition) is 2. The predicted octanol–water partition coefficient (Wildman–Crippen LogP) is 6.81. The van der Waals surface area contributed by atoms with Gasteiger partial charge in [-0.3, -0.25) is 8.77 Å². The second-order valence-corrected chi connectivity index (χ2v) is 8.24. The topological polar surface area (TPSA) is 42.2 Å². The molecule has 1 N–H and O–H groups in total. The molecule has 4 aromatic rings. The summed E-state index contributed by atoms with van der Waals surface area (Å²) < 4.78 is 29.7. The van der Waals surface area contributed by atoms with Gasteiger partial charge in [0.15, 0.2) is 11.6 Å². The van der Waals surface area contributed by atoms with Gasteiger partial charge in [0.05, 0.1) is 5.52 Å². The molecular formula is C23H16ClF2NO2S. The summed E-state index contributed by atoms with van der Waals surface area (Å²) in [6.45, 7) is 0. The Kier molecular flexibility index (Phi) is 5.79. The zero-order valence-corrected chi connectivity index (χ0v) is 17.2. The Morgan fingerprint density at radius 3 is 2.67 bits per heavy atom. The number of halogens is 3. The first-order valence-electron chi connectivity index (χ1n) is 9.16. The van der Waals surface area contributed by atoms with Crippen LogP contribution in [0.3, 0.4) is 0 Å². The van der Waals surface area contributed by atoms with E-state index in [4.69, 9.17) is 16.7 Å². The Morgan fingerprint density at radius 2 is 1.87 bits per heavy atom. The lowest BCUT2D eigenvalue weighted by Gasteiger charge is -2.08. The van der Waals surface area contributed by atoms with Crippen LogP contribution in [0.2, 0.25) is 5.02 Å². The van der Waals surface area contributed by atoms with Crippen LogP contribution >= 0.6 is 23.5 Å². The molecule has 0 saturated heterocycles. The maximum absolute atomic E-state index is 14.2. The van der Waals surface area contributed by atoms with Gasteiger partial charge in [-0.25, -0.2) is 8.78 Å². The number of aromatic nitrogens is 1. The van der Waals surface area contributed by atoms with E-state index in [0.717, 1.165) is 27.4 Å². The normalized spacial score (nSPS) is 11.2. The molecule has 152 valence electrons. The van der Waals surface area contributed by atoms with Gasteiger partial charge >= 0.3 is 5.97 Å². The summed E-state index contributed by atoms with van der Waals surface area (Å²) in [6, 6.07) is 16.8. The Balaban J connectivity index is 1.71. The molecule has 0 aliphatic carbocycles. The molecule has 0 atom stereocenters. The fourth-order valence-electron chi connectivity index (χ4n) is 3.32. The van der Waals surface area contributed by atoms with Gasteiger partial charge in [0, 0.05) is 33.5 Å². The largest absolute Gasteiger partial charge is 0.481 e. The number of aliphatic carboxylic acids is 1. The van der Waals surface area contributed by atoms with E-state index < -0.39 is 17.6 Å². The molecule has 30 heavy (non-hydrogen) atoms. The minimum absolute atomic E-state index is 0.0185. The summed E-state index contributed by atoms with van der Waals surface area (Å²) >= 11 is 7.55. The van der Waals surface area contributed by atoms with Crippen LogP contribution in [0.25, 0.3) is 22.0 Å². The highest BCUT2D eigenvalue weighted by Gasteiger charge is 2.13. The molecule has 0 saturated carbocycles. The Morgan fingerprint density at radius 1 is 1.07 bits per heavy atom. The van der Waals surface area contributed by atoms with Crippen molar-refractivity contribution in [1.82, 2.24) is 3.97 Å². The van der Waals surface area contributed by atoms with E-state index in [-0.39, 0.29) is 12.0 Å². The van der Waals surface area contributed by atoms with Crippen LogP contribution in [0.5, 0.6) is 0 Å². The number of aryl methyl sites for hydroxylation is 1. The van der Waals surface area contributed by atoms with Gasteiger partial charge < -0.3 is 5.11 Å². The SMILES string of the molecule is O=C(O)CCc1cn(Sc2cccc(-c3cccc(F)c3F)c2)c2ccc(Cl)cc12. The highest BCUT2D eigenvalue weighted by Crippen LogP contribution is 2.34. The smallest absolute Gasteiger partial charge is 0.303 e. The molecule has 0 spiro atoms. The van der Waals surface area contributed by atoms with Crippen LogP contribution in [-0.4, -0.2) is 15.0 Å². The van der Waals surface area contributed by atoms with Gasteiger partial charge in [-0.2, -0.15) is 0 Å². The average molecular weight is 444 g/mol. The molecule has 7 heteroatoms. The van der Waals surface area contributed by atoms with Crippen molar-refractivity contribution >= 4 is 40.4 Å². The Hall–Kier alpha value is -2.83. The number of carboxylic acids is 1. The van der Waals surface area contributed by atoms with E-state index in [0.29, 0.717) is 17.0 Å². The maximum atomic E-state index is 14.2. The number of carboxylic acid groups (broad SMARTS) is 1. The molecule has 1 heterocycles. The maximum Gasteiger partial charge on any atom is 0.303 e. The van der Waals surface area contributed by atoms with Gasteiger partial charge in [-0.05, 0) is 65.9 Å². The summed E-state index contributed by atoms with van der Waals surface area (Å²) in [4.78, 5) is 11.8. The van der Waals surface area contributed by atoms with E-state index >= 15 is 0 Å². The monoisotopic (exact) mass is 443 g/mol. The van der Waals surface area contributed by atoms with Crippen LogP contribution < -0.4 is 0 Å². The molecule has 0 fully saturated rings. The number of benzene rings is 3. The third kappa shape index (κ3) is 4.20. The molecular weight excluding hydrogens is 428 g/mol. The zero-order chi connectivity index (χ0) is 21.3. The van der Waals surface area contributed by atoms with E-state index in [2.05, 4.69) is 0 Å². The lowest BCUT2D eigenvalue weighted by atomic mass is 10.1. The van der Waals surface area contributed by atoms with Crippen LogP contribution in [0.1, 0.15) is 12.0 Å². The Labute approximate surface area is 181 Å². The molecule has 0 aliphatic heterocycles. The van der Waals surface area contributed by atoms with E-state index in [1.165, 1.54) is 18.0 Å². The molecule has 3 nitrogen and oxygen atoms in total. The van der Waals surface area contributed by atoms with Crippen molar-refractivity contribution in [2.75, 3.05) is 0 Å². The van der Waals surface area contributed by atoms with Gasteiger partial charge in [0.2, 0.25) is 0 Å². The third-order valence-electron chi connectivity index (χ3n) is 4.72. The van der Waals surface area contributed by atoms with Gasteiger partial charge in [0.25, 0.3) is 0 Å². The first-order chi connectivity index (χ1) is 14.4. The van der Waals surface area contributed by atoms with E-state index in [9.17, 15) is 13.6 Å². The van der Waals surface area contributed by atoms with Crippen molar-refractivity contribution in [3.63, 3.8) is 0 Å². The molecule has 0 bridgehead atoms. The van der Waals surface area contributed by atoms with Crippen molar-refractivity contribution in [2.45, 2.75) is 17.7 Å². The summed E-state index contributed by atoms with van der Waals surface area (Å²) in [5.41, 5.74) is 2.55. The number of nitrogens with zero attached hydrogens (tertiary/aromatic N) is 1. The molecule has 3 aromatic carbocycles. The molecule has 0 unspecified atom stereocenters. The highest BCUT2D eigenvalue weighted by atomic mass is 35.5. The molecule has 0 amide bonds. The fourth-order valence-corrected chi connectivity index (χ4v) is 4.47. The lowest BCUT2D eigenvalue weighted by Crippen LogP contribution is -1.96. The van der Waals surface area contributed by atoms with Crippen molar-refractivity contribution in [2.24, 2.45) is 0 Å². The van der Waals surface area contributed by atoms with Crippen LogP contribution in [-0.2, 0) is 11.2 Å². The summed E-state index contributed by atoms with van der Waals surface area (Å²) in [7, 11) is 0. The molecule has 0 aliphatic rings. The highest BCUT2D eigenvalue weighted by molar-refractivity contribution is 7.98. The lowest BCUT2D eigenvalue weighted by molar-refractivity contribution is -0.136. The minimum Gasteiger partial charge on any atom is -0.481 e. The van der Waals surface area contributed by atoms with Crippen LogP contribution in [0.15, 0.2) is 71.8 Å². The summed E-state index contributed by atoms with van der Waals surface area (Å²) in [5.74, 6) is -2.63. The minimum atomic E-state index is -0.887. The first-order valence-corrected chi connectivity index (χ1v) is 10.3. The number of rotatable bonds is 6. The van der Waals surface area contributed by atoms with Crippen LogP contribution in [0, 0.1) is 11.6 Å². The molecule has 4 rings (SSSR count). The first kappa shape index (κ1) is 20.4. The molecule has 1 aromatic heterocycles. The van der Waals surface area contributed by atoms with Crippen molar-refractivity contribution in [3.05, 3.63) is 89.1 Å². The molecule has 0 radical (unpaired) electrons. The van der Waals surface area contributed by atoms with Crippen LogP contribution in [0.4, 0.5) is 8.78 Å². The number of carbonyl (C=O) groups is 1. The summed E-state index contributed by atoms with van der Waals surface area (Å²) in [5, 5.41) is 10.5. The van der Waals surface area contributed by atoms with E-state index in [1.54, 1.807) is 30.3 Å². The quantitative estimate of drug-likeness (QED) is 0.356. The fraction of sp³-hybridized carbons (Fsp3) is 0.0870. The van der Waals surface area contributed by atoms with E-state index in [1.807, 2.05) is 28.4 Å². The number of fused-ring (bicyclic) bond motifs is 1. The van der Waals surface area contributed by atoms with Crippen molar-refractivity contribution < 1.29 is 18.7 Å². The van der Waals surface area contributed by atoms with Gasteiger partial charge in [-0.1, -0.05) is 35.9 Å². The summed E-state index contributed by atoms with van der Waals surface area (Å²) in [6.07, 6.45) is 2.29. The Bertz CT molecular complexity index is 1260. The second kappa shape index (κ2) is 8.50. The van der Waals surface area contributed by atoms with Crippen molar-refractivity contribution in [1.29, 1.82) is 0 Å². The van der Waals surface area contributed by atoms with Crippen molar-refractivity contribution in [3.8, 4) is 11.1 Å². The zero-order valence-electron chi connectivity index (χ0n) is 15.6. The van der Waals surface area contributed by atoms with Gasteiger partial charge in [0.1, 0.15) is 0 Å². The average Bonchev–Trinajstić information content (AvgIpc) is 3.05.